The highest BCUT2D eigenvalue weighted by Gasteiger charge is 2.56. The Morgan fingerprint density at radius 2 is 1.68 bits per heavy atom. The van der Waals surface area contributed by atoms with Crippen LogP contribution >= 0.6 is 23.1 Å². The summed E-state index contributed by atoms with van der Waals surface area (Å²) in [5, 5.41) is -0.235. The van der Waals surface area contributed by atoms with Gasteiger partial charge in [-0.3, -0.25) is 23.7 Å². The number of thioether (sulfide) groups is 1. The molecule has 2 fully saturated rings. The number of thiazole rings is 1. The van der Waals surface area contributed by atoms with Crippen molar-refractivity contribution in [2.24, 2.45) is 5.92 Å². The molecule has 2 saturated heterocycles. The van der Waals surface area contributed by atoms with E-state index in [2.05, 4.69) is 0 Å². The summed E-state index contributed by atoms with van der Waals surface area (Å²) < 4.78 is 11.8. The van der Waals surface area contributed by atoms with Crippen molar-refractivity contribution in [3.05, 3.63) is 80.3 Å². The molecule has 212 valence electrons. The molecule has 1 aromatic heterocycles. The number of benzene rings is 2. The van der Waals surface area contributed by atoms with E-state index in [-0.39, 0.29) is 29.8 Å². The number of fused-ring (bicyclic) bond motifs is 2. The number of nitrogens with zero attached hydrogens (tertiary/aromatic N) is 3. The number of morpholine rings is 1. The van der Waals surface area contributed by atoms with Crippen LogP contribution in [-0.4, -0.2) is 71.3 Å². The van der Waals surface area contributed by atoms with Crippen LogP contribution in [-0.2, 0) is 30.4 Å². The Hall–Kier alpha value is -3.74. The topological polar surface area (TPSA) is 115 Å². The Bertz CT molecular complexity index is 1560. The Labute approximate surface area is 243 Å². The molecule has 3 aliphatic rings. The first-order valence-corrected chi connectivity index (χ1v) is 15.0. The van der Waals surface area contributed by atoms with E-state index in [1.165, 1.54) is 33.4 Å². The first-order valence-electron chi connectivity index (χ1n) is 13.3. The predicted molar refractivity (Wildman–Crippen MR) is 152 cm³/mol. The lowest BCUT2D eigenvalue weighted by Gasteiger charge is -2.31. The van der Waals surface area contributed by atoms with Gasteiger partial charge in [0.1, 0.15) is 11.8 Å². The Balaban J connectivity index is 1.37. The van der Waals surface area contributed by atoms with Gasteiger partial charge in [0, 0.05) is 23.9 Å². The van der Waals surface area contributed by atoms with Gasteiger partial charge in [-0.1, -0.05) is 53.4 Å². The third-order valence-corrected chi connectivity index (χ3v) is 10.1. The maximum absolute atomic E-state index is 14.0. The lowest BCUT2D eigenvalue weighted by Crippen LogP contribution is -2.43. The lowest BCUT2D eigenvalue weighted by atomic mass is 9.83. The monoisotopic (exact) mass is 593 g/mol. The van der Waals surface area contributed by atoms with Gasteiger partial charge in [0.2, 0.25) is 17.7 Å². The van der Waals surface area contributed by atoms with E-state index in [9.17, 15) is 24.0 Å². The van der Waals surface area contributed by atoms with Gasteiger partial charge in [0.15, 0.2) is 0 Å². The van der Waals surface area contributed by atoms with Gasteiger partial charge in [-0.2, -0.15) is 0 Å². The van der Waals surface area contributed by atoms with Crippen molar-refractivity contribution >= 4 is 52.5 Å². The number of imide groups is 1. The quantitative estimate of drug-likeness (QED) is 0.317. The summed E-state index contributed by atoms with van der Waals surface area (Å²) in [6, 6.07) is 15.6. The number of hydrogen-bond donors (Lipinski definition) is 0. The SMILES string of the molecule is CCOC(=O)c1ccc(N2C(=O)C3Sc4c(sc(=O)n4CC(=O)N4CCOCC4)C(c4ccccc4)C3C2=O)cc1. The number of anilines is 1. The molecule has 3 unspecified atom stereocenters. The first-order chi connectivity index (χ1) is 19.9. The number of carbonyl (C=O) groups is 4. The van der Waals surface area contributed by atoms with Gasteiger partial charge in [-0.05, 0) is 36.8 Å². The van der Waals surface area contributed by atoms with E-state index in [1.54, 1.807) is 24.0 Å². The van der Waals surface area contributed by atoms with E-state index in [0.717, 1.165) is 16.9 Å². The number of ether oxygens (including phenoxy) is 2. The van der Waals surface area contributed by atoms with Crippen LogP contribution in [0.4, 0.5) is 5.69 Å². The minimum Gasteiger partial charge on any atom is -0.462 e. The largest absolute Gasteiger partial charge is 0.462 e. The highest BCUT2D eigenvalue weighted by atomic mass is 32.2. The molecular weight excluding hydrogens is 566 g/mol. The van der Waals surface area contributed by atoms with Crippen molar-refractivity contribution in [3.63, 3.8) is 0 Å². The molecule has 0 radical (unpaired) electrons. The summed E-state index contributed by atoms with van der Waals surface area (Å²) in [4.78, 5) is 69.6. The molecule has 6 rings (SSSR count). The standard InChI is InChI=1S/C29H27N3O7S2/c1-2-39-28(36)18-8-10-19(11-9-18)32-25(34)22-21(17-6-4-3-5-7-17)24-27(40-23(22)26(32)35)31(29(37)41-24)16-20(33)30-12-14-38-15-13-30/h3-11,21-23H,2,12-16H2,1H3. The molecule has 2 aromatic carbocycles. The second-order valence-electron chi connectivity index (χ2n) is 9.85. The summed E-state index contributed by atoms with van der Waals surface area (Å²) in [5.41, 5.74) is 1.50. The minimum atomic E-state index is -0.788. The molecule has 10 nitrogen and oxygen atoms in total. The number of hydrogen-bond acceptors (Lipinski definition) is 9. The molecule has 12 heteroatoms. The van der Waals surface area contributed by atoms with Crippen LogP contribution in [0.15, 0.2) is 64.4 Å². The summed E-state index contributed by atoms with van der Waals surface area (Å²) in [6.07, 6.45) is 0. The molecule has 3 atom stereocenters. The van der Waals surface area contributed by atoms with E-state index < -0.39 is 29.0 Å². The molecule has 0 spiro atoms. The van der Waals surface area contributed by atoms with Crippen LogP contribution in [0.5, 0.6) is 0 Å². The molecule has 4 heterocycles. The molecule has 3 amide bonds. The van der Waals surface area contributed by atoms with E-state index in [0.29, 0.717) is 47.5 Å². The average Bonchev–Trinajstić information content (AvgIpc) is 3.44. The maximum Gasteiger partial charge on any atom is 0.338 e. The summed E-state index contributed by atoms with van der Waals surface area (Å²) >= 11 is 2.20. The number of esters is 1. The van der Waals surface area contributed by atoms with Crippen LogP contribution in [0.3, 0.4) is 0 Å². The van der Waals surface area contributed by atoms with Crippen LogP contribution in [0.2, 0.25) is 0 Å². The highest BCUT2D eigenvalue weighted by molar-refractivity contribution is 8.00. The van der Waals surface area contributed by atoms with E-state index in [1.807, 2.05) is 30.3 Å². The molecule has 0 saturated carbocycles. The van der Waals surface area contributed by atoms with Gasteiger partial charge in [0.25, 0.3) is 0 Å². The zero-order valence-corrected chi connectivity index (χ0v) is 23.8. The van der Waals surface area contributed by atoms with E-state index in [4.69, 9.17) is 9.47 Å². The minimum absolute atomic E-state index is 0.141. The lowest BCUT2D eigenvalue weighted by molar-refractivity contribution is -0.136. The highest BCUT2D eigenvalue weighted by Crippen LogP contribution is 2.53. The summed E-state index contributed by atoms with van der Waals surface area (Å²) in [7, 11) is 0. The zero-order valence-electron chi connectivity index (χ0n) is 22.2. The van der Waals surface area contributed by atoms with Crippen molar-refractivity contribution in [1.29, 1.82) is 0 Å². The van der Waals surface area contributed by atoms with Crippen LogP contribution in [0, 0.1) is 5.92 Å². The van der Waals surface area contributed by atoms with Crippen molar-refractivity contribution in [2.75, 3.05) is 37.8 Å². The first kappa shape index (κ1) is 27.4. The smallest absolute Gasteiger partial charge is 0.338 e. The molecule has 0 aliphatic carbocycles. The van der Waals surface area contributed by atoms with E-state index >= 15 is 0 Å². The van der Waals surface area contributed by atoms with Crippen LogP contribution < -0.4 is 9.77 Å². The molecule has 3 aromatic rings. The predicted octanol–water partition coefficient (Wildman–Crippen LogP) is 2.74. The van der Waals surface area contributed by atoms with Crippen LogP contribution in [0.25, 0.3) is 0 Å². The van der Waals surface area contributed by atoms with Crippen LogP contribution in [0.1, 0.15) is 33.6 Å². The summed E-state index contributed by atoms with van der Waals surface area (Å²) in [5.74, 6) is -2.71. The Kier molecular flexibility index (Phi) is 7.54. The van der Waals surface area contributed by atoms with Gasteiger partial charge < -0.3 is 14.4 Å². The van der Waals surface area contributed by atoms with Gasteiger partial charge in [-0.15, -0.1) is 0 Å². The van der Waals surface area contributed by atoms with Crippen molar-refractivity contribution in [2.45, 2.75) is 29.7 Å². The fourth-order valence-corrected chi connectivity index (χ4v) is 8.31. The molecule has 41 heavy (non-hydrogen) atoms. The second-order valence-corrected chi connectivity index (χ2v) is 12.0. The number of rotatable bonds is 6. The van der Waals surface area contributed by atoms with Gasteiger partial charge in [0.05, 0.1) is 42.0 Å². The van der Waals surface area contributed by atoms with Gasteiger partial charge in [-0.25, -0.2) is 9.69 Å². The third-order valence-electron chi connectivity index (χ3n) is 7.50. The number of amides is 3. The van der Waals surface area contributed by atoms with Crippen molar-refractivity contribution < 1.29 is 28.7 Å². The Morgan fingerprint density at radius 3 is 2.37 bits per heavy atom. The second kappa shape index (κ2) is 11.3. The van der Waals surface area contributed by atoms with Gasteiger partial charge >= 0.3 is 10.8 Å². The zero-order chi connectivity index (χ0) is 28.7. The number of carbonyl (C=O) groups excluding carboxylic acids is 4. The maximum atomic E-state index is 14.0. The normalized spacial score (nSPS) is 21.9. The molecule has 0 N–H and O–H groups in total. The molecule has 3 aliphatic heterocycles. The van der Waals surface area contributed by atoms with Crippen molar-refractivity contribution in [3.8, 4) is 0 Å². The fraction of sp³-hybridized carbons (Fsp3) is 0.345. The number of aromatic nitrogens is 1. The van der Waals surface area contributed by atoms with Crippen molar-refractivity contribution in [1.82, 2.24) is 9.47 Å². The fourth-order valence-electron chi connectivity index (χ4n) is 5.54. The Morgan fingerprint density at radius 1 is 0.976 bits per heavy atom. The molecule has 0 bridgehead atoms. The third kappa shape index (κ3) is 4.89. The molecular formula is C29H27N3O7S2. The summed E-state index contributed by atoms with van der Waals surface area (Å²) in [6.45, 7) is 3.63. The average molecular weight is 594 g/mol.